The van der Waals surface area contributed by atoms with Crippen LogP contribution >= 0.6 is 0 Å². The summed E-state index contributed by atoms with van der Waals surface area (Å²) in [6.45, 7) is 12.5. The van der Waals surface area contributed by atoms with Crippen LogP contribution in [0.3, 0.4) is 0 Å². The summed E-state index contributed by atoms with van der Waals surface area (Å²) in [6, 6.07) is 0. The number of unbranched alkanes of at least 4 members (excludes halogenated alkanes) is 1. The largest absolute Gasteiger partial charge is 0.377 e. The van der Waals surface area contributed by atoms with Crippen molar-refractivity contribution in [3.8, 4) is 0 Å². The molecule has 0 aromatic heterocycles. The summed E-state index contributed by atoms with van der Waals surface area (Å²) in [6.07, 6.45) is 8.12. The normalized spacial score (nSPS) is 23.6. The van der Waals surface area contributed by atoms with E-state index in [0.29, 0.717) is 11.6 Å². The molecule has 0 aromatic rings. The van der Waals surface area contributed by atoms with E-state index in [0.717, 1.165) is 13.2 Å². The summed E-state index contributed by atoms with van der Waals surface area (Å²) in [5.74, 6) is 0. The molecule has 0 radical (unpaired) electrons. The van der Waals surface area contributed by atoms with Gasteiger partial charge in [-0.05, 0) is 33.1 Å². The van der Waals surface area contributed by atoms with Crippen LogP contribution in [0.5, 0.6) is 0 Å². The fourth-order valence-electron chi connectivity index (χ4n) is 2.75. The molecular formula is C15H31NO. The van der Waals surface area contributed by atoms with E-state index < -0.39 is 0 Å². The molecule has 2 nitrogen and oxygen atoms in total. The first-order chi connectivity index (χ1) is 8.10. The lowest BCUT2D eigenvalue weighted by atomic mass is 9.94. The molecule has 1 rings (SSSR count). The summed E-state index contributed by atoms with van der Waals surface area (Å²) in [4.78, 5) is 2.64. The molecule has 1 saturated heterocycles. The summed E-state index contributed by atoms with van der Waals surface area (Å²) in [5, 5.41) is 0. The fourth-order valence-corrected chi connectivity index (χ4v) is 2.75. The standard InChI is InChI=1S/C15H31NO/c1-5-7-10-15(3,4)16-11-9-14(8-6-2)17-13-12-16/h14H,5-13H2,1-4H3. The molecule has 0 saturated carbocycles. The minimum absolute atomic E-state index is 0.348. The average Bonchev–Trinajstić information content (AvgIpc) is 2.53. The lowest BCUT2D eigenvalue weighted by molar-refractivity contribution is 0.0498. The van der Waals surface area contributed by atoms with Gasteiger partial charge in [0.05, 0.1) is 12.7 Å². The molecule has 1 fully saturated rings. The van der Waals surface area contributed by atoms with Gasteiger partial charge in [-0.1, -0.05) is 33.1 Å². The molecule has 1 aliphatic heterocycles. The smallest absolute Gasteiger partial charge is 0.0597 e. The Labute approximate surface area is 108 Å². The van der Waals surface area contributed by atoms with Gasteiger partial charge in [0.15, 0.2) is 0 Å². The van der Waals surface area contributed by atoms with Crippen LogP contribution in [-0.2, 0) is 4.74 Å². The van der Waals surface area contributed by atoms with E-state index >= 15 is 0 Å². The first kappa shape index (κ1) is 15.0. The summed E-state index contributed by atoms with van der Waals surface area (Å²) >= 11 is 0. The maximum absolute atomic E-state index is 5.93. The first-order valence-electron chi connectivity index (χ1n) is 7.46. The van der Waals surface area contributed by atoms with Crippen LogP contribution in [0.4, 0.5) is 0 Å². The van der Waals surface area contributed by atoms with Gasteiger partial charge in [0.2, 0.25) is 0 Å². The van der Waals surface area contributed by atoms with Gasteiger partial charge in [-0.3, -0.25) is 4.90 Å². The Kier molecular flexibility index (Phi) is 6.50. The lowest BCUT2D eigenvalue weighted by Crippen LogP contribution is -2.45. The zero-order valence-electron chi connectivity index (χ0n) is 12.3. The van der Waals surface area contributed by atoms with Gasteiger partial charge in [-0.2, -0.15) is 0 Å². The summed E-state index contributed by atoms with van der Waals surface area (Å²) < 4.78 is 5.93. The van der Waals surface area contributed by atoms with E-state index in [9.17, 15) is 0 Å². The maximum atomic E-state index is 5.93. The Balaban J connectivity index is 2.43. The molecule has 1 aliphatic rings. The van der Waals surface area contributed by atoms with Crippen molar-refractivity contribution in [2.24, 2.45) is 0 Å². The van der Waals surface area contributed by atoms with Crippen LogP contribution in [0, 0.1) is 0 Å². The highest BCUT2D eigenvalue weighted by Crippen LogP contribution is 2.24. The van der Waals surface area contributed by atoms with Gasteiger partial charge < -0.3 is 4.74 Å². The molecule has 2 heteroatoms. The van der Waals surface area contributed by atoms with Crippen LogP contribution in [0.15, 0.2) is 0 Å². The number of hydrogen-bond acceptors (Lipinski definition) is 2. The van der Waals surface area contributed by atoms with E-state index in [4.69, 9.17) is 4.74 Å². The van der Waals surface area contributed by atoms with E-state index in [1.54, 1.807) is 0 Å². The Hall–Kier alpha value is -0.0800. The van der Waals surface area contributed by atoms with Crippen LogP contribution in [0.1, 0.15) is 66.2 Å². The molecule has 1 unspecified atom stereocenters. The van der Waals surface area contributed by atoms with Gasteiger partial charge in [-0.25, -0.2) is 0 Å². The number of nitrogens with zero attached hydrogens (tertiary/aromatic N) is 1. The number of ether oxygens (including phenoxy) is 1. The highest BCUT2D eigenvalue weighted by Gasteiger charge is 2.28. The van der Waals surface area contributed by atoms with E-state index in [1.807, 2.05) is 0 Å². The van der Waals surface area contributed by atoms with Crippen molar-refractivity contribution in [2.75, 3.05) is 19.7 Å². The topological polar surface area (TPSA) is 12.5 Å². The zero-order valence-corrected chi connectivity index (χ0v) is 12.3. The monoisotopic (exact) mass is 241 g/mol. The molecular weight excluding hydrogens is 210 g/mol. The Bertz CT molecular complexity index is 203. The Morgan fingerprint density at radius 1 is 1.18 bits per heavy atom. The van der Waals surface area contributed by atoms with Crippen LogP contribution in [0.25, 0.3) is 0 Å². The summed E-state index contributed by atoms with van der Waals surface area (Å²) in [5.41, 5.74) is 0.348. The minimum atomic E-state index is 0.348. The quantitative estimate of drug-likeness (QED) is 0.700. The zero-order chi connectivity index (χ0) is 12.7. The van der Waals surface area contributed by atoms with Gasteiger partial charge >= 0.3 is 0 Å². The van der Waals surface area contributed by atoms with Gasteiger partial charge in [0, 0.05) is 18.6 Å². The molecule has 0 aliphatic carbocycles. The molecule has 17 heavy (non-hydrogen) atoms. The predicted molar refractivity (Wildman–Crippen MR) is 74.4 cm³/mol. The molecule has 0 amide bonds. The molecule has 102 valence electrons. The lowest BCUT2D eigenvalue weighted by Gasteiger charge is -2.37. The van der Waals surface area contributed by atoms with Crippen molar-refractivity contribution in [3.63, 3.8) is 0 Å². The van der Waals surface area contributed by atoms with Crippen molar-refractivity contribution in [1.29, 1.82) is 0 Å². The Morgan fingerprint density at radius 2 is 1.94 bits per heavy atom. The maximum Gasteiger partial charge on any atom is 0.0597 e. The third-order valence-electron chi connectivity index (χ3n) is 4.04. The van der Waals surface area contributed by atoms with Gasteiger partial charge in [-0.15, -0.1) is 0 Å². The van der Waals surface area contributed by atoms with Crippen molar-refractivity contribution < 1.29 is 4.74 Å². The molecule has 0 N–H and O–H groups in total. The van der Waals surface area contributed by atoms with Gasteiger partial charge in [0.1, 0.15) is 0 Å². The fraction of sp³-hybridized carbons (Fsp3) is 1.00. The molecule has 1 heterocycles. The van der Waals surface area contributed by atoms with Crippen molar-refractivity contribution in [3.05, 3.63) is 0 Å². The number of rotatable bonds is 6. The highest BCUT2D eigenvalue weighted by atomic mass is 16.5. The van der Waals surface area contributed by atoms with Crippen LogP contribution < -0.4 is 0 Å². The first-order valence-corrected chi connectivity index (χ1v) is 7.46. The van der Waals surface area contributed by atoms with E-state index in [1.165, 1.54) is 45.1 Å². The summed E-state index contributed by atoms with van der Waals surface area (Å²) in [7, 11) is 0. The second kappa shape index (κ2) is 7.38. The van der Waals surface area contributed by atoms with Crippen molar-refractivity contribution >= 4 is 0 Å². The molecule has 0 aromatic carbocycles. The van der Waals surface area contributed by atoms with E-state index in [2.05, 4.69) is 32.6 Å². The van der Waals surface area contributed by atoms with Gasteiger partial charge in [0.25, 0.3) is 0 Å². The molecule has 1 atom stereocenters. The second-order valence-electron chi connectivity index (χ2n) is 5.97. The average molecular weight is 241 g/mol. The van der Waals surface area contributed by atoms with Crippen LogP contribution in [0.2, 0.25) is 0 Å². The molecule has 0 bridgehead atoms. The predicted octanol–water partition coefficient (Wildman–Crippen LogP) is 3.85. The third-order valence-corrected chi connectivity index (χ3v) is 4.04. The van der Waals surface area contributed by atoms with Crippen LogP contribution in [-0.4, -0.2) is 36.2 Å². The van der Waals surface area contributed by atoms with E-state index in [-0.39, 0.29) is 0 Å². The third kappa shape index (κ3) is 4.97. The van der Waals surface area contributed by atoms with Crippen molar-refractivity contribution in [2.45, 2.75) is 77.9 Å². The minimum Gasteiger partial charge on any atom is -0.377 e. The highest BCUT2D eigenvalue weighted by molar-refractivity contribution is 4.83. The second-order valence-corrected chi connectivity index (χ2v) is 5.97. The van der Waals surface area contributed by atoms with Crippen molar-refractivity contribution in [1.82, 2.24) is 4.90 Å². The Morgan fingerprint density at radius 3 is 2.59 bits per heavy atom. The molecule has 0 spiro atoms. The number of hydrogen-bond donors (Lipinski definition) is 0. The SMILES string of the molecule is CCCCC(C)(C)N1CCOC(CCC)CC1.